The Kier molecular flexibility index (Phi) is 3.74. The molecular formula is C16H19BF2N2O2. The Morgan fingerprint density at radius 2 is 2.09 bits per heavy atom. The van der Waals surface area contributed by atoms with Crippen LogP contribution in [0.4, 0.5) is 8.63 Å². The van der Waals surface area contributed by atoms with Gasteiger partial charge in [-0.1, -0.05) is 0 Å². The number of esters is 1. The molecule has 0 N–H and O–H groups in total. The van der Waals surface area contributed by atoms with Crippen molar-refractivity contribution in [1.29, 1.82) is 0 Å². The van der Waals surface area contributed by atoms with Crippen LogP contribution in [-0.4, -0.2) is 34.2 Å². The van der Waals surface area contributed by atoms with Crippen LogP contribution in [-0.2, 0) is 9.53 Å². The normalized spacial score (nSPS) is 17.9. The zero-order chi connectivity index (χ0) is 16.8. The van der Waals surface area contributed by atoms with Gasteiger partial charge in [-0.15, -0.1) is 0 Å². The van der Waals surface area contributed by atoms with E-state index in [1.54, 1.807) is 38.1 Å². The number of ether oxygens (including phenoxy) is 1. The minimum Gasteiger partial charge on any atom is -0.466 e. The van der Waals surface area contributed by atoms with E-state index in [4.69, 9.17) is 4.74 Å². The molecule has 0 spiro atoms. The maximum Gasteiger partial charge on any atom is 0.737 e. The molecule has 1 aromatic heterocycles. The van der Waals surface area contributed by atoms with Crippen LogP contribution in [0.5, 0.6) is 0 Å². The zero-order valence-corrected chi connectivity index (χ0v) is 13.5. The molecule has 0 aliphatic carbocycles. The van der Waals surface area contributed by atoms with Crippen molar-refractivity contribution in [2.75, 3.05) is 6.61 Å². The Labute approximate surface area is 133 Å². The van der Waals surface area contributed by atoms with E-state index in [-0.39, 0.29) is 18.8 Å². The van der Waals surface area contributed by atoms with E-state index < -0.39 is 6.97 Å². The van der Waals surface area contributed by atoms with Gasteiger partial charge in [-0.3, -0.25) is 4.79 Å². The van der Waals surface area contributed by atoms with E-state index >= 15 is 8.63 Å². The first-order valence-corrected chi connectivity index (χ1v) is 7.77. The summed E-state index contributed by atoms with van der Waals surface area (Å²) >= 11 is 0. The molecule has 122 valence electrons. The summed E-state index contributed by atoms with van der Waals surface area (Å²) in [4.78, 5) is 11.5. The lowest BCUT2D eigenvalue weighted by atomic mass is 9.90. The molecule has 0 aromatic carbocycles. The fourth-order valence-electron chi connectivity index (χ4n) is 3.36. The summed E-state index contributed by atoms with van der Waals surface area (Å²) < 4.78 is 37.2. The number of carbonyl (C=O) groups is 1. The van der Waals surface area contributed by atoms with E-state index in [1.165, 1.54) is 0 Å². The highest BCUT2D eigenvalue weighted by Crippen LogP contribution is 2.34. The Morgan fingerprint density at radius 1 is 1.35 bits per heavy atom. The molecule has 4 nitrogen and oxygen atoms in total. The van der Waals surface area contributed by atoms with Gasteiger partial charge in [-0.25, -0.2) is 0 Å². The van der Waals surface area contributed by atoms with E-state index in [2.05, 4.69) is 0 Å². The maximum absolute atomic E-state index is 15.1. The second kappa shape index (κ2) is 5.47. The van der Waals surface area contributed by atoms with E-state index in [0.29, 0.717) is 29.4 Å². The number of aryl methyl sites for hydroxylation is 2. The lowest BCUT2D eigenvalue weighted by Gasteiger charge is -2.30. The monoisotopic (exact) mass is 320 g/mol. The fraction of sp³-hybridized carbons (Fsp3) is 0.375. The number of nitrogens with zero attached hydrogens (tertiary/aromatic N) is 2. The predicted molar refractivity (Wildman–Crippen MR) is 85.5 cm³/mol. The van der Waals surface area contributed by atoms with Crippen molar-refractivity contribution in [1.82, 2.24) is 4.48 Å². The lowest BCUT2D eigenvalue weighted by Crippen LogP contribution is -2.50. The number of hydrogen-bond acceptors (Lipinski definition) is 2. The Morgan fingerprint density at radius 3 is 2.78 bits per heavy atom. The van der Waals surface area contributed by atoms with Gasteiger partial charge in [0.2, 0.25) is 0 Å². The number of carbonyl (C=O) groups excluding carboxylic acids is 1. The van der Waals surface area contributed by atoms with Crippen LogP contribution in [0.15, 0.2) is 23.9 Å². The van der Waals surface area contributed by atoms with Gasteiger partial charge in [0, 0.05) is 30.3 Å². The zero-order valence-electron chi connectivity index (χ0n) is 13.5. The van der Waals surface area contributed by atoms with E-state index in [0.717, 1.165) is 14.5 Å². The minimum atomic E-state index is -3.95. The molecule has 23 heavy (non-hydrogen) atoms. The first kappa shape index (κ1) is 15.7. The summed E-state index contributed by atoms with van der Waals surface area (Å²) in [5, 5.41) is 0. The van der Waals surface area contributed by atoms with Crippen molar-refractivity contribution in [2.45, 2.75) is 33.6 Å². The Hall–Kier alpha value is -2.18. The molecule has 3 rings (SSSR count). The fourth-order valence-corrected chi connectivity index (χ4v) is 3.36. The van der Waals surface area contributed by atoms with Gasteiger partial charge >= 0.3 is 12.9 Å². The van der Waals surface area contributed by atoms with Crippen molar-refractivity contribution in [3.05, 3.63) is 40.9 Å². The van der Waals surface area contributed by atoms with Crippen molar-refractivity contribution in [3.63, 3.8) is 0 Å². The van der Waals surface area contributed by atoms with Crippen LogP contribution >= 0.6 is 0 Å². The first-order valence-electron chi connectivity index (χ1n) is 7.77. The van der Waals surface area contributed by atoms with Crippen molar-refractivity contribution < 1.29 is 22.6 Å². The highest BCUT2D eigenvalue weighted by atomic mass is 19.2. The van der Waals surface area contributed by atoms with Crippen LogP contribution < -0.4 is 0 Å². The number of aromatic nitrogens is 1. The molecule has 2 aliphatic rings. The SMILES string of the molecule is CCOC(=O)CCC1=[N+]2C(=Cc3c(C)cc(C)n3[B-]2(F)F)C=C1. The van der Waals surface area contributed by atoms with Crippen LogP contribution in [0, 0.1) is 13.8 Å². The molecular weight excluding hydrogens is 301 g/mol. The van der Waals surface area contributed by atoms with Crippen molar-refractivity contribution in [2.24, 2.45) is 0 Å². The molecule has 0 radical (unpaired) electrons. The summed E-state index contributed by atoms with van der Waals surface area (Å²) in [5.41, 5.74) is 2.85. The predicted octanol–water partition coefficient (Wildman–Crippen LogP) is 3.05. The second-order valence-electron chi connectivity index (χ2n) is 5.88. The summed E-state index contributed by atoms with van der Waals surface area (Å²) in [6, 6.07) is 1.77. The summed E-state index contributed by atoms with van der Waals surface area (Å²) in [6.45, 7) is 1.59. The molecule has 0 amide bonds. The average molecular weight is 320 g/mol. The molecule has 0 atom stereocenters. The molecule has 0 bridgehead atoms. The number of hydrogen-bond donors (Lipinski definition) is 0. The Balaban J connectivity index is 1.99. The molecule has 7 heteroatoms. The van der Waals surface area contributed by atoms with Crippen LogP contribution in [0.2, 0.25) is 0 Å². The number of rotatable bonds is 4. The summed E-state index contributed by atoms with van der Waals surface area (Å²) in [7, 11) is 0. The lowest BCUT2D eigenvalue weighted by molar-refractivity contribution is -0.362. The van der Waals surface area contributed by atoms with E-state index in [1.807, 2.05) is 6.92 Å². The van der Waals surface area contributed by atoms with Crippen LogP contribution in [0.25, 0.3) is 6.08 Å². The molecule has 0 unspecified atom stereocenters. The van der Waals surface area contributed by atoms with Gasteiger partial charge in [-0.05, 0) is 38.1 Å². The van der Waals surface area contributed by atoms with Crippen LogP contribution in [0.1, 0.15) is 36.7 Å². The topological polar surface area (TPSA) is 34.2 Å². The number of fused-ring (bicyclic) bond motifs is 2. The quantitative estimate of drug-likeness (QED) is 0.631. The highest BCUT2D eigenvalue weighted by Gasteiger charge is 2.52. The van der Waals surface area contributed by atoms with Crippen molar-refractivity contribution in [3.8, 4) is 0 Å². The molecule has 3 heterocycles. The highest BCUT2D eigenvalue weighted by molar-refractivity contribution is 6.58. The number of allylic oxidation sites excluding steroid dienone is 2. The van der Waals surface area contributed by atoms with Crippen LogP contribution in [0.3, 0.4) is 0 Å². The standard InChI is InChI=1S/C16H19BF2N2O2/c1-4-23-16(22)8-7-13-5-6-14-10-15-11(2)9-12(3)20(15)17(18,19)21(13)14/h5-6,9-10H,4,7-8H2,1-3H3. The largest absolute Gasteiger partial charge is 0.737 e. The smallest absolute Gasteiger partial charge is 0.466 e. The molecule has 0 saturated carbocycles. The van der Waals surface area contributed by atoms with Gasteiger partial charge in [-0.2, -0.15) is 0 Å². The van der Waals surface area contributed by atoms with Gasteiger partial charge in [0.05, 0.1) is 13.0 Å². The summed E-state index contributed by atoms with van der Waals surface area (Å²) in [5.74, 6) is -0.368. The van der Waals surface area contributed by atoms with Gasteiger partial charge in [0.15, 0.2) is 5.70 Å². The minimum absolute atomic E-state index is 0.0972. The van der Waals surface area contributed by atoms with Gasteiger partial charge < -0.3 is 22.3 Å². The third-order valence-corrected chi connectivity index (χ3v) is 4.30. The number of halogens is 2. The average Bonchev–Trinajstić information content (AvgIpc) is 3.00. The maximum atomic E-state index is 15.1. The van der Waals surface area contributed by atoms with Gasteiger partial charge in [0.25, 0.3) is 0 Å². The molecule has 0 fully saturated rings. The second-order valence-corrected chi connectivity index (χ2v) is 5.88. The Bertz CT molecular complexity index is 775. The summed E-state index contributed by atoms with van der Waals surface area (Å²) in [6.07, 6.45) is 5.45. The molecule has 1 aromatic rings. The molecule has 0 saturated heterocycles. The van der Waals surface area contributed by atoms with Crippen molar-refractivity contribution >= 4 is 24.7 Å². The van der Waals surface area contributed by atoms with Gasteiger partial charge in [0.1, 0.15) is 5.71 Å². The molecule has 2 aliphatic heterocycles. The van der Waals surface area contributed by atoms with E-state index in [9.17, 15) is 4.79 Å². The first-order chi connectivity index (χ1) is 10.9. The third-order valence-electron chi connectivity index (χ3n) is 4.30. The third kappa shape index (κ3) is 2.44.